The number of fused-ring (bicyclic) bond motifs is 1. The number of pyridine rings is 1. The zero-order valence-corrected chi connectivity index (χ0v) is 13.9. The first-order valence-electron chi connectivity index (χ1n) is 8.22. The molecule has 4 heterocycles. The van der Waals surface area contributed by atoms with Gasteiger partial charge in [-0.1, -0.05) is 6.07 Å². The monoisotopic (exact) mass is 313 g/mol. The first kappa shape index (κ1) is 14.4. The van der Waals surface area contributed by atoms with Crippen molar-refractivity contribution in [3.63, 3.8) is 0 Å². The summed E-state index contributed by atoms with van der Waals surface area (Å²) in [7, 11) is 0. The molecule has 0 amide bonds. The van der Waals surface area contributed by atoms with Crippen LogP contribution in [0.25, 0.3) is 0 Å². The van der Waals surface area contributed by atoms with Gasteiger partial charge in [0, 0.05) is 60.4 Å². The third-order valence-electron chi connectivity index (χ3n) is 5.07. The van der Waals surface area contributed by atoms with Gasteiger partial charge in [-0.25, -0.2) is 0 Å². The fraction of sp³-hybridized carbons (Fsp3) is 0.500. The molecular weight excluding hydrogens is 290 g/mol. The van der Waals surface area contributed by atoms with E-state index in [2.05, 4.69) is 39.9 Å². The molecule has 116 valence electrons. The second kappa shape index (κ2) is 6.11. The second-order valence-electron chi connectivity index (χ2n) is 6.53. The summed E-state index contributed by atoms with van der Waals surface area (Å²) in [4.78, 5) is 12.6. The molecule has 0 radical (unpaired) electrons. The van der Waals surface area contributed by atoms with Gasteiger partial charge in [-0.15, -0.1) is 11.3 Å². The minimum atomic E-state index is 0.737. The molecule has 0 spiro atoms. The Kier molecular flexibility index (Phi) is 3.99. The lowest BCUT2D eigenvalue weighted by Gasteiger charge is -2.25. The Morgan fingerprint density at radius 2 is 1.86 bits per heavy atom. The average Bonchev–Trinajstić information content (AvgIpc) is 3.21. The van der Waals surface area contributed by atoms with Gasteiger partial charge in [0.05, 0.1) is 0 Å². The zero-order valence-electron chi connectivity index (χ0n) is 13.1. The number of hydrogen-bond donors (Lipinski definition) is 0. The molecule has 0 N–H and O–H groups in total. The Hall–Kier alpha value is -1.23. The average molecular weight is 313 g/mol. The highest BCUT2D eigenvalue weighted by atomic mass is 32.1. The Morgan fingerprint density at radius 1 is 1.09 bits per heavy atom. The minimum absolute atomic E-state index is 0.737. The molecule has 4 heteroatoms. The molecule has 2 saturated heterocycles. The van der Waals surface area contributed by atoms with E-state index in [1.54, 1.807) is 0 Å². The number of thiophene rings is 1. The molecule has 2 aromatic heterocycles. The van der Waals surface area contributed by atoms with Crippen molar-refractivity contribution in [2.45, 2.75) is 44.9 Å². The summed E-state index contributed by atoms with van der Waals surface area (Å²) in [6, 6.07) is 10.3. The van der Waals surface area contributed by atoms with Gasteiger partial charge >= 0.3 is 0 Å². The van der Waals surface area contributed by atoms with E-state index in [4.69, 9.17) is 0 Å². The highest BCUT2D eigenvalue weighted by molar-refractivity contribution is 7.11. The van der Waals surface area contributed by atoms with Crippen LogP contribution in [-0.4, -0.2) is 40.0 Å². The van der Waals surface area contributed by atoms with Crippen molar-refractivity contribution in [1.82, 2.24) is 14.8 Å². The van der Waals surface area contributed by atoms with E-state index in [1.807, 2.05) is 29.8 Å². The summed E-state index contributed by atoms with van der Waals surface area (Å²) >= 11 is 1.95. The third kappa shape index (κ3) is 2.83. The molecule has 0 aliphatic carbocycles. The summed E-state index contributed by atoms with van der Waals surface area (Å²) < 4.78 is 0. The normalized spacial score (nSPS) is 25.7. The predicted molar refractivity (Wildman–Crippen MR) is 90.9 cm³/mol. The maximum absolute atomic E-state index is 4.25. The van der Waals surface area contributed by atoms with Crippen molar-refractivity contribution >= 4 is 11.3 Å². The van der Waals surface area contributed by atoms with E-state index in [-0.39, 0.29) is 0 Å². The second-order valence-corrected chi connectivity index (χ2v) is 7.90. The molecule has 3 nitrogen and oxygen atoms in total. The van der Waals surface area contributed by atoms with Crippen LogP contribution >= 0.6 is 11.3 Å². The number of aromatic nitrogens is 1. The first-order chi connectivity index (χ1) is 10.8. The Bertz CT molecular complexity index is 624. The summed E-state index contributed by atoms with van der Waals surface area (Å²) in [5, 5.41) is 0. The summed E-state index contributed by atoms with van der Waals surface area (Å²) in [5.41, 5.74) is 1.34. The topological polar surface area (TPSA) is 19.4 Å². The Labute approximate surface area is 136 Å². The van der Waals surface area contributed by atoms with Crippen LogP contribution in [0.1, 0.15) is 28.2 Å². The van der Waals surface area contributed by atoms with Crippen LogP contribution in [0.5, 0.6) is 0 Å². The van der Waals surface area contributed by atoms with E-state index >= 15 is 0 Å². The highest BCUT2D eigenvalue weighted by Gasteiger charge is 2.42. The fourth-order valence-electron chi connectivity index (χ4n) is 4.05. The fourth-order valence-corrected chi connectivity index (χ4v) is 4.97. The SMILES string of the molecule is Cc1ccc(CN2CC[C@@H]3[C@@H]2CCN3Cc2cccnc2)s1. The van der Waals surface area contributed by atoms with Crippen LogP contribution in [-0.2, 0) is 13.1 Å². The molecule has 2 atom stereocenters. The minimum Gasteiger partial charge on any atom is -0.294 e. The van der Waals surface area contributed by atoms with Gasteiger partial charge in [0.15, 0.2) is 0 Å². The van der Waals surface area contributed by atoms with E-state index in [0.29, 0.717) is 0 Å². The summed E-state index contributed by atoms with van der Waals surface area (Å²) in [6.07, 6.45) is 6.50. The highest BCUT2D eigenvalue weighted by Crippen LogP contribution is 2.34. The Balaban J connectivity index is 1.41. The molecule has 0 unspecified atom stereocenters. The molecule has 22 heavy (non-hydrogen) atoms. The van der Waals surface area contributed by atoms with Crippen molar-refractivity contribution in [2.75, 3.05) is 13.1 Å². The van der Waals surface area contributed by atoms with Crippen LogP contribution in [0.4, 0.5) is 0 Å². The molecule has 2 fully saturated rings. The van der Waals surface area contributed by atoms with Crippen molar-refractivity contribution in [3.8, 4) is 0 Å². The standard InChI is InChI=1S/C18H23N3S/c1-14-4-5-16(22-14)13-21-10-7-17-18(21)6-9-20(17)12-15-3-2-8-19-11-15/h2-5,8,11,17-18H,6-7,9-10,12-13H2,1H3/t17-,18+/m1/s1. The van der Waals surface area contributed by atoms with Gasteiger partial charge in [0.2, 0.25) is 0 Å². The van der Waals surface area contributed by atoms with E-state index in [1.165, 1.54) is 41.2 Å². The van der Waals surface area contributed by atoms with Crippen LogP contribution in [0.15, 0.2) is 36.7 Å². The molecule has 2 aliphatic rings. The maximum atomic E-state index is 4.25. The van der Waals surface area contributed by atoms with Gasteiger partial charge in [0.1, 0.15) is 0 Å². The number of likely N-dealkylation sites (tertiary alicyclic amines) is 2. The lowest BCUT2D eigenvalue weighted by molar-refractivity contribution is 0.213. The molecule has 0 saturated carbocycles. The van der Waals surface area contributed by atoms with E-state index in [9.17, 15) is 0 Å². The number of hydrogen-bond acceptors (Lipinski definition) is 4. The van der Waals surface area contributed by atoms with Gasteiger partial charge in [-0.2, -0.15) is 0 Å². The van der Waals surface area contributed by atoms with E-state index < -0.39 is 0 Å². The number of aryl methyl sites for hydroxylation is 1. The van der Waals surface area contributed by atoms with Crippen molar-refractivity contribution in [2.24, 2.45) is 0 Å². The molecule has 0 aromatic carbocycles. The maximum Gasteiger partial charge on any atom is 0.0331 e. The smallest absolute Gasteiger partial charge is 0.0331 e. The van der Waals surface area contributed by atoms with Gasteiger partial charge in [0.25, 0.3) is 0 Å². The van der Waals surface area contributed by atoms with Crippen LogP contribution in [0.3, 0.4) is 0 Å². The van der Waals surface area contributed by atoms with Gasteiger partial charge < -0.3 is 0 Å². The molecule has 0 bridgehead atoms. The molecule has 2 aliphatic heterocycles. The summed E-state index contributed by atoms with van der Waals surface area (Å²) in [5.74, 6) is 0. The van der Waals surface area contributed by atoms with E-state index in [0.717, 1.165) is 25.2 Å². The molecule has 2 aromatic rings. The number of nitrogens with zero attached hydrogens (tertiary/aromatic N) is 3. The van der Waals surface area contributed by atoms with Crippen molar-refractivity contribution < 1.29 is 0 Å². The predicted octanol–water partition coefficient (Wildman–Crippen LogP) is 3.30. The largest absolute Gasteiger partial charge is 0.294 e. The number of rotatable bonds is 4. The van der Waals surface area contributed by atoms with Gasteiger partial charge in [-0.3, -0.25) is 14.8 Å². The molecular formula is C18H23N3S. The van der Waals surface area contributed by atoms with Crippen LogP contribution < -0.4 is 0 Å². The quantitative estimate of drug-likeness (QED) is 0.863. The third-order valence-corrected chi connectivity index (χ3v) is 6.06. The summed E-state index contributed by atoms with van der Waals surface area (Å²) in [6.45, 7) is 6.87. The van der Waals surface area contributed by atoms with Crippen molar-refractivity contribution in [3.05, 3.63) is 52.0 Å². The molecule has 4 rings (SSSR count). The first-order valence-corrected chi connectivity index (χ1v) is 9.03. The van der Waals surface area contributed by atoms with Gasteiger partial charge in [-0.05, 0) is 43.5 Å². The Morgan fingerprint density at radius 3 is 2.50 bits per heavy atom. The van der Waals surface area contributed by atoms with Crippen LogP contribution in [0.2, 0.25) is 0 Å². The zero-order chi connectivity index (χ0) is 14.9. The van der Waals surface area contributed by atoms with Crippen molar-refractivity contribution in [1.29, 1.82) is 0 Å². The van der Waals surface area contributed by atoms with Crippen LogP contribution in [0, 0.1) is 6.92 Å². The lowest BCUT2D eigenvalue weighted by atomic mass is 10.1. The lowest BCUT2D eigenvalue weighted by Crippen LogP contribution is -2.35.